The second-order valence-corrected chi connectivity index (χ2v) is 7.49. The first-order chi connectivity index (χ1) is 11.4. The molecular formula is C21H21IN2. The SMILES string of the molecule is Cc1cc(C)cc(-n2c(C)cc(C=Nc3ccc(I)cc3)c2C)c1. The molecule has 3 aromatic rings. The maximum absolute atomic E-state index is 4.62. The molecule has 2 nitrogen and oxygen atoms in total. The normalized spacial score (nSPS) is 11.4. The molecule has 0 saturated heterocycles. The summed E-state index contributed by atoms with van der Waals surface area (Å²) in [5, 5.41) is 0. The van der Waals surface area contributed by atoms with Gasteiger partial charge < -0.3 is 4.57 Å². The van der Waals surface area contributed by atoms with Crippen molar-refractivity contribution in [3.05, 3.63) is 80.2 Å². The molecule has 0 amide bonds. The lowest BCUT2D eigenvalue weighted by molar-refractivity contribution is 0.960. The van der Waals surface area contributed by atoms with Gasteiger partial charge in [-0.2, -0.15) is 0 Å². The molecule has 0 atom stereocenters. The van der Waals surface area contributed by atoms with E-state index in [0.717, 1.165) is 11.3 Å². The van der Waals surface area contributed by atoms with Crippen molar-refractivity contribution in [2.24, 2.45) is 4.99 Å². The van der Waals surface area contributed by atoms with E-state index in [1.165, 1.54) is 31.8 Å². The van der Waals surface area contributed by atoms with Crippen LogP contribution in [-0.4, -0.2) is 10.8 Å². The molecule has 0 unspecified atom stereocenters. The van der Waals surface area contributed by atoms with Gasteiger partial charge >= 0.3 is 0 Å². The number of benzene rings is 2. The third-order valence-corrected chi connectivity index (χ3v) is 4.83. The van der Waals surface area contributed by atoms with E-state index in [1.54, 1.807) is 0 Å². The van der Waals surface area contributed by atoms with Crippen LogP contribution < -0.4 is 0 Å². The van der Waals surface area contributed by atoms with Gasteiger partial charge in [-0.3, -0.25) is 4.99 Å². The molecule has 0 bridgehead atoms. The van der Waals surface area contributed by atoms with E-state index in [9.17, 15) is 0 Å². The van der Waals surface area contributed by atoms with Gasteiger partial charge in [-0.25, -0.2) is 0 Å². The standard InChI is InChI=1S/C21H21IN2/c1-14-9-15(2)11-21(10-14)24-16(3)12-18(17(24)4)13-23-20-7-5-19(22)6-8-20/h5-13H,1-4H3. The van der Waals surface area contributed by atoms with Crippen molar-refractivity contribution < 1.29 is 0 Å². The number of nitrogens with zero attached hydrogens (tertiary/aromatic N) is 2. The van der Waals surface area contributed by atoms with Crippen molar-refractivity contribution in [3.63, 3.8) is 0 Å². The van der Waals surface area contributed by atoms with Crippen molar-refractivity contribution in [2.45, 2.75) is 27.7 Å². The zero-order valence-corrected chi connectivity index (χ0v) is 16.6. The maximum atomic E-state index is 4.62. The highest BCUT2D eigenvalue weighted by molar-refractivity contribution is 14.1. The van der Waals surface area contributed by atoms with E-state index in [4.69, 9.17) is 0 Å². The summed E-state index contributed by atoms with van der Waals surface area (Å²) in [5.74, 6) is 0. The van der Waals surface area contributed by atoms with Crippen LogP contribution in [0.5, 0.6) is 0 Å². The summed E-state index contributed by atoms with van der Waals surface area (Å²) in [6.45, 7) is 8.58. The Morgan fingerprint density at radius 3 is 2.12 bits per heavy atom. The van der Waals surface area contributed by atoms with Crippen molar-refractivity contribution in [3.8, 4) is 5.69 Å². The molecule has 3 rings (SSSR count). The molecule has 0 fully saturated rings. The summed E-state index contributed by atoms with van der Waals surface area (Å²) < 4.78 is 3.52. The molecule has 0 aliphatic carbocycles. The summed E-state index contributed by atoms with van der Waals surface area (Å²) in [6.07, 6.45) is 1.96. The van der Waals surface area contributed by atoms with Gasteiger partial charge in [0.05, 0.1) is 5.69 Å². The Labute approximate surface area is 157 Å². The Morgan fingerprint density at radius 1 is 0.875 bits per heavy atom. The topological polar surface area (TPSA) is 17.3 Å². The lowest BCUT2D eigenvalue weighted by Gasteiger charge is -2.11. The number of hydrogen-bond acceptors (Lipinski definition) is 1. The zero-order valence-electron chi connectivity index (χ0n) is 14.5. The molecule has 0 spiro atoms. The van der Waals surface area contributed by atoms with E-state index in [1.807, 2.05) is 18.3 Å². The van der Waals surface area contributed by atoms with Crippen LogP contribution in [0.3, 0.4) is 0 Å². The lowest BCUT2D eigenvalue weighted by Crippen LogP contribution is -2.00. The van der Waals surface area contributed by atoms with Gasteiger partial charge in [0.15, 0.2) is 0 Å². The molecule has 2 aromatic carbocycles. The number of aryl methyl sites for hydroxylation is 3. The summed E-state index contributed by atoms with van der Waals surface area (Å²) in [6, 6.07) is 17.1. The minimum atomic E-state index is 0.978. The summed E-state index contributed by atoms with van der Waals surface area (Å²) in [4.78, 5) is 4.62. The Hall–Kier alpha value is -1.88. The van der Waals surface area contributed by atoms with Crippen molar-refractivity contribution in [2.75, 3.05) is 0 Å². The highest BCUT2D eigenvalue weighted by Gasteiger charge is 2.10. The highest BCUT2D eigenvalue weighted by atomic mass is 127. The molecule has 0 saturated carbocycles. The van der Waals surface area contributed by atoms with Crippen molar-refractivity contribution in [1.29, 1.82) is 0 Å². The van der Waals surface area contributed by atoms with Crippen LogP contribution in [-0.2, 0) is 0 Å². The molecular weight excluding hydrogens is 407 g/mol. The number of halogens is 1. The monoisotopic (exact) mass is 428 g/mol. The Kier molecular flexibility index (Phi) is 4.90. The van der Waals surface area contributed by atoms with E-state index in [0.29, 0.717) is 0 Å². The van der Waals surface area contributed by atoms with Crippen LogP contribution in [0.15, 0.2) is 53.5 Å². The van der Waals surface area contributed by atoms with Gasteiger partial charge in [0.2, 0.25) is 0 Å². The van der Waals surface area contributed by atoms with E-state index in [-0.39, 0.29) is 0 Å². The van der Waals surface area contributed by atoms with Gasteiger partial charge in [0.1, 0.15) is 0 Å². The fourth-order valence-corrected chi connectivity index (χ4v) is 3.43. The minimum absolute atomic E-state index is 0.978. The average Bonchev–Trinajstić information content (AvgIpc) is 2.80. The van der Waals surface area contributed by atoms with Crippen LogP contribution in [0.2, 0.25) is 0 Å². The largest absolute Gasteiger partial charge is 0.318 e. The van der Waals surface area contributed by atoms with Crippen LogP contribution in [0.4, 0.5) is 5.69 Å². The molecule has 1 heterocycles. The summed E-state index contributed by atoms with van der Waals surface area (Å²) >= 11 is 2.31. The summed E-state index contributed by atoms with van der Waals surface area (Å²) in [5.41, 5.74) is 8.36. The van der Waals surface area contributed by atoms with Crippen molar-refractivity contribution >= 4 is 34.5 Å². The number of hydrogen-bond donors (Lipinski definition) is 0. The lowest BCUT2D eigenvalue weighted by atomic mass is 10.1. The number of rotatable bonds is 3. The Balaban J connectivity index is 1.98. The van der Waals surface area contributed by atoms with E-state index < -0.39 is 0 Å². The Morgan fingerprint density at radius 2 is 1.50 bits per heavy atom. The molecule has 122 valence electrons. The fourth-order valence-electron chi connectivity index (χ4n) is 3.07. The van der Waals surface area contributed by atoms with Crippen LogP contribution in [0.25, 0.3) is 5.69 Å². The maximum Gasteiger partial charge on any atom is 0.0630 e. The third kappa shape index (κ3) is 3.61. The van der Waals surface area contributed by atoms with Gasteiger partial charge in [-0.1, -0.05) is 6.07 Å². The van der Waals surface area contributed by atoms with Crippen LogP contribution in [0.1, 0.15) is 28.1 Å². The molecule has 0 aliphatic rings. The van der Waals surface area contributed by atoms with E-state index >= 15 is 0 Å². The van der Waals surface area contributed by atoms with Crippen LogP contribution >= 0.6 is 22.6 Å². The second kappa shape index (κ2) is 6.93. The number of aliphatic imine (C=N–C) groups is 1. The molecule has 1 aromatic heterocycles. The van der Waals surface area contributed by atoms with Gasteiger partial charge in [-0.15, -0.1) is 0 Å². The van der Waals surface area contributed by atoms with Crippen LogP contribution in [0, 0.1) is 31.3 Å². The molecule has 24 heavy (non-hydrogen) atoms. The Bertz CT molecular complexity index is 882. The predicted octanol–water partition coefficient (Wildman–Crippen LogP) is 6.07. The second-order valence-electron chi connectivity index (χ2n) is 6.24. The number of aromatic nitrogens is 1. The predicted molar refractivity (Wildman–Crippen MR) is 111 cm³/mol. The molecule has 0 aliphatic heterocycles. The van der Waals surface area contributed by atoms with Gasteiger partial charge in [0, 0.05) is 32.4 Å². The van der Waals surface area contributed by atoms with Crippen molar-refractivity contribution in [1.82, 2.24) is 4.57 Å². The van der Waals surface area contributed by atoms with E-state index in [2.05, 4.69) is 96.2 Å². The first-order valence-corrected chi connectivity index (χ1v) is 9.09. The first kappa shape index (κ1) is 17.0. The minimum Gasteiger partial charge on any atom is -0.318 e. The van der Waals surface area contributed by atoms with Gasteiger partial charge in [0.25, 0.3) is 0 Å². The highest BCUT2D eigenvalue weighted by Crippen LogP contribution is 2.22. The summed E-state index contributed by atoms with van der Waals surface area (Å²) in [7, 11) is 0. The van der Waals surface area contributed by atoms with Gasteiger partial charge in [-0.05, 0) is 104 Å². The zero-order chi connectivity index (χ0) is 17.3. The first-order valence-electron chi connectivity index (χ1n) is 8.01. The average molecular weight is 428 g/mol. The molecule has 0 radical (unpaired) electrons. The molecule has 3 heteroatoms. The molecule has 0 N–H and O–H groups in total. The third-order valence-electron chi connectivity index (χ3n) is 4.11. The quantitative estimate of drug-likeness (QED) is 0.356. The fraction of sp³-hybridized carbons (Fsp3) is 0.190. The smallest absolute Gasteiger partial charge is 0.0630 e.